The third kappa shape index (κ3) is 4.04. The summed E-state index contributed by atoms with van der Waals surface area (Å²) < 4.78 is 5.36. The monoisotopic (exact) mass is 319 g/mol. The molecule has 1 aromatic carbocycles. The second kappa shape index (κ2) is 7.89. The fraction of sp³-hybridized carbons (Fsp3) is 0.438. The number of nitrogens with zero attached hydrogens (tertiary/aromatic N) is 2. The first kappa shape index (κ1) is 16.4. The number of aromatic nitrogens is 2. The molecule has 0 aliphatic carbocycles. The molecular formula is C16H21N3O2S. The Hall–Kier alpha value is -1.95. The van der Waals surface area contributed by atoms with Gasteiger partial charge in [0.1, 0.15) is 10.8 Å². The lowest BCUT2D eigenvalue weighted by Gasteiger charge is -2.06. The summed E-state index contributed by atoms with van der Waals surface area (Å²) in [6.07, 6.45) is 2.05. The fourth-order valence-corrected chi connectivity index (χ4v) is 3.13. The number of hydrogen-bond acceptors (Lipinski definition) is 5. The van der Waals surface area contributed by atoms with Crippen LogP contribution < -0.4 is 10.1 Å². The maximum Gasteiger partial charge on any atom is 0.257 e. The molecule has 1 N–H and O–H groups in total. The predicted molar refractivity (Wildman–Crippen MR) is 88.8 cm³/mol. The van der Waals surface area contributed by atoms with Gasteiger partial charge in [-0.3, -0.25) is 10.1 Å². The molecule has 0 unspecified atom stereocenters. The molecule has 0 fully saturated rings. The average Bonchev–Trinajstić information content (AvgIpc) is 2.98. The van der Waals surface area contributed by atoms with Crippen LogP contribution in [0.15, 0.2) is 24.3 Å². The molecule has 0 aliphatic rings. The lowest BCUT2D eigenvalue weighted by molar-refractivity contribution is 0.102. The molecule has 22 heavy (non-hydrogen) atoms. The molecule has 0 saturated carbocycles. The highest BCUT2D eigenvalue weighted by Gasteiger charge is 2.15. The number of hydrogen-bond donors (Lipinski definition) is 1. The molecule has 1 aromatic heterocycles. The summed E-state index contributed by atoms with van der Waals surface area (Å²) in [5.41, 5.74) is 0.572. The van der Waals surface area contributed by atoms with Crippen LogP contribution in [0.3, 0.4) is 0 Å². The largest absolute Gasteiger partial charge is 0.494 e. The molecule has 1 amide bonds. The first-order valence-corrected chi connectivity index (χ1v) is 8.37. The predicted octanol–water partition coefficient (Wildman–Crippen LogP) is 4.09. The number of nitrogens with one attached hydrogen (secondary N) is 1. The Labute approximate surface area is 134 Å². The number of benzene rings is 1. The van der Waals surface area contributed by atoms with Gasteiger partial charge in [-0.2, -0.15) is 0 Å². The maximum atomic E-state index is 12.2. The summed E-state index contributed by atoms with van der Waals surface area (Å²) in [6, 6.07) is 7.05. The van der Waals surface area contributed by atoms with Crippen LogP contribution in [0.25, 0.3) is 0 Å². The molecular weight excluding hydrogens is 298 g/mol. The smallest absolute Gasteiger partial charge is 0.257 e. The topological polar surface area (TPSA) is 64.1 Å². The number of anilines is 1. The quantitative estimate of drug-likeness (QED) is 0.834. The molecule has 2 aromatic rings. The van der Waals surface area contributed by atoms with Crippen molar-refractivity contribution >= 4 is 22.4 Å². The van der Waals surface area contributed by atoms with Gasteiger partial charge in [0, 0.05) is 11.5 Å². The molecule has 0 bridgehead atoms. The Balaban J connectivity index is 2.02. The van der Waals surface area contributed by atoms with Gasteiger partial charge < -0.3 is 4.74 Å². The number of carbonyl (C=O) groups is 1. The summed E-state index contributed by atoms with van der Waals surface area (Å²) in [5.74, 6) is 0.981. The van der Waals surface area contributed by atoms with Gasteiger partial charge in [0.25, 0.3) is 5.91 Å². The molecule has 0 saturated heterocycles. The van der Waals surface area contributed by atoms with E-state index >= 15 is 0 Å². The fourth-order valence-electron chi connectivity index (χ4n) is 2.13. The Morgan fingerprint density at radius 3 is 2.45 bits per heavy atom. The zero-order chi connectivity index (χ0) is 15.9. The Morgan fingerprint density at radius 1 is 1.18 bits per heavy atom. The first-order valence-electron chi connectivity index (χ1n) is 7.55. The molecule has 5 nitrogen and oxygen atoms in total. The van der Waals surface area contributed by atoms with Crippen LogP contribution in [-0.4, -0.2) is 22.7 Å². The molecule has 1 heterocycles. The van der Waals surface area contributed by atoms with Crippen molar-refractivity contribution in [3.05, 3.63) is 34.8 Å². The van der Waals surface area contributed by atoms with Gasteiger partial charge in [-0.05, 0) is 44.0 Å². The van der Waals surface area contributed by atoms with Crippen molar-refractivity contribution in [2.24, 2.45) is 0 Å². The molecule has 0 radical (unpaired) electrons. The summed E-state index contributed by atoms with van der Waals surface area (Å²) in [4.78, 5) is 12.2. The van der Waals surface area contributed by atoms with Gasteiger partial charge in [0.2, 0.25) is 5.13 Å². The van der Waals surface area contributed by atoms with Crippen molar-refractivity contribution in [2.45, 2.75) is 39.5 Å². The van der Waals surface area contributed by atoms with Crippen LogP contribution >= 0.6 is 11.3 Å². The number of amides is 1. The summed E-state index contributed by atoms with van der Waals surface area (Å²) in [7, 11) is 0. The van der Waals surface area contributed by atoms with Crippen molar-refractivity contribution in [3.8, 4) is 5.75 Å². The highest BCUT2D eigenvalue weighted by Crippen LogP contribution is 2.28. The minimum atomic E-state index is -0.185. The normalized spacial score (nSPS) is 10.7. The maximum absolute atomic E-state index is 12.2. The van der Waals surface area contributed by atoms with E-state index in [0.29, 0.717) is 23.2 Å². The molecule has 6 heteroatoms. The van der Waals surface area contributed by atoms with Crippen LogP contribution in [0.4, 0.5) is 5.13 Å². The SMILES string of the molecule is CCOc1ccc(C(=O)Nc2nnc(C(CC)CC)s2)cc1. The average molecular weight is 319 g/mol. The third-order valence-electron chi connectivity index (χ3n) is 3.42. The van der Waals surface area contributed by atoms with Crippen molar-refractivity contribution in [1.82, 2.24) is 10.2 Å². The third-order valence-corrected chi connectivity index (χ3v) is 4.42. The van der Waals surface area contributed by atoms with Gasteiger partial charge in [0.05, 0.1) is 6.61 Å². The van der Waals surface area contributed by atoms with E-state index in [4.69, 9.17) is 4.74 Å². The molecule has 0 spiro atoms. The lowest BCUT2D eigenvalue weighted by atomic mass is 10.1. The highest BCUT2D eigenvalue weighted by molar-refractivity contribution is 7.15. The van der Waals surface area contributed by atoms with Crippen molar-refractivity contribution in [1.29, 1.82) is 0 Å². The van der Waals surface area contributed by atoms with Gasteiger partial charge in [0.15, 0.2) is 0 Å². The summed E-state index contributed by atoms with van der Waals surface area (Å²) in [5, 5.41) is 12.6. The van der Waals surface area contributed by atoms with Crippen LogP contribution in [0, 0.1) is 0 Å². The van der Waals surface area contributed by atoms with E-state index in [1.165, 1.54) is 11.3 Å². The molecule has 118 valence electrons. The zero-order valence-electron chi connectivity index (χ0n) is 13.1. The van der Waals surface area contributed by atoms with Crippen LogP contribution in [0.5, 0.6) is 5.75 Å². The Bertz CT molecular complexity index is 606. The van der Waals surface area contributed by atoms with Crippen LogP contribution in [0.1, 0.15) is 54.9 Å². The van der Waals surface area contributed by atoms with E-state index in [9.17, 15) is 4.79 Å². The molecule has 2 rings (SSSR count). The van der Waals surface area contributed by atoms with E-state index in [-0.39, 0.29) is 5.91 Å². The second-order valence-electron chi connectivity index (χ2n) is 4.87. The Kier molecular flexibility index (Phi) is 5.89. The van der Waals surface area contributed by atoms with Crippen molar-refractivity contribution in [2.75, 3.05) is 11.9 Å². The van der Waals surface area contributed by atoms with E-state index in [2.05, 4.69) is 29.4 Å². The zero-order valence-corrected chi connectivity index (χ0v) is 13.9. The standard InChI is InChI=1S/C16H21N3O2S/c1-4-11(5-2)15-18-19-16(22-15)17-14(20)12-7-9-13(10-8-12)21-6-3/h7-11H,4-6H2,1-3H3,(H,17,19,20). The summed E-state index contributed by atoms with van der Waals surface area (Å²) >= 11 is 1.45. The van der Waals surface area contributed by atoms with Crippen LogP contribution in [-0.2, 0) is 0 Å². The minimum Gasteiger partial charge on any atom is -0.494 e. The number of carbonyl (C=O) groups excluding carboxylic acids is 1. The van der Waals surface area contributed by atoms with Gasteiger partial charge in [-0.25, -0.2) is 0 Å². The molecule has 0 aliphatic heterocycles. The van der Waals surface area contributed by atoms with Gasteiger partial charge >= 0.3 is 0 Å². The number of rotatable bonds is 7. The lowest BCUT2D eigenvalue weighted by Crippen LogP contribution is -2.11. The second-order valence-corrected chi connectivity index (χ2v) is 5.88. The van der Waals surface area contributed by atoms with Crippen molar-refractivity contribution in [3.63, 3.8) is 0 Å². The van der Waals surface area contributed by atoms with E-state index < -0.39 is 0 Å². The van der Waals surface area contributed by atoms with E-state index in [1.54, 1.807) is 24.3 Å². The first-order chi connectivity index (χ1) is 10.7. The Morgan fingerprint density at radius 2 is 1.86 bits per heavy atom. The highest BCUT2D eigenvalue weighted by atomic mass is 32.1. The van der Waals surface area contributed by atoms with Gasteiger partial charge in [-0.15, -0.1) is 10.2 Å². The van der Waals surface area contributed by atoms with E-state index in [1.807, 2.05) is 6.92 Å². The van der Waals surface area contributed by atoms with E-state index in [0.717, 1.165) is 23.6 Å². The summed E-state index contributed by atoms with van der Waals surface area (Å²) in [6.45, 7) is 6.80. The van der Waals surface area contributed by atoms with Crippen molar-refractivity contribution < 1.29 is 9.53 Å². The minimum absolute atomic E-state index is 0.185. The number of ether oxygens (including phenoxy) is 1. The van der Waals surface area contributed by atoms with Crippen LogP contribution in [0.2, 0.25) is 0 Å². The molecule has 0 atom stereocenters. The van der Waals surface area contributed by atoms with Gasteiger partial charge in [-0.1, -0.05) is 25.2 Å².